The van der Waals surface area contributed by atoms with E-state index in [1.807, 2.05) is 0 Å². The fraction of sp³-hybridized carbons (Fsp3) is 0.476. The molecule has 1 spiro atoms. The highest BCUT2D eigenvalue weighted by Crippen LogP contribution is 2.51. The summed E-state index contributed by atoms with van der Waals surface area (Å²) in [6.45, 7) is 1.53. The zero-order valence-corrected chi connectivity index (χ0v) is 14.8. The van der Waals surface area contributed by atoms with E-state index >= 15 is 0 Å². The third-order valence-electron chi connectivity index (χ3n) is 6.16. The monoisotopic (exact) mass is 349 g/mol. The Balaban J connectivity index is 1.41. The number of aromatic nitrogens is 2. The second kappa shape index (κ2) is 6.16. The van der Waals surface area contributed by atoms with Gasteiger partial charge in [0.15, 0.2) is 0 Å². The Morgan fingerprint density at radius 3 is 2.58 bits per heavy atom. The van der Waals surface area contributed by atoms with Crippen LogP contribution in [0.2, 0.25) is 0 Å². The number of benzene rings is 1. The second-order valence-corrected chi connectivity index (χ2v) is 7.86. The summed E-state index contributed by atoms with van der Waals surface area (Å²) in [5, 5.41) is 3.30. The Morgan fingerprint density at radius 2 is 1.85 bits per heavy atom. The summed E-state index contributed by atoms with van der Waals surface area (Å²) in [6.07, 6.45) is 8.63. The van der Waals surface area contributed by atoms with Crippen molar-refractivity contribution in [3.8, 4) is 0 Å². The molecule has 1 aliphatic heterocycles. The van der Waals surface area contributed by atoms with Crippen LogP contribution in [0.15, 0.2) is 36.7 Å². The molecule has 2 aliphatic carbocycles. The average Bonchev–Trinajstić information content (AvgIpc) is 3.49. The van der Waals surface area contributed by atoms with Gasteiger partial charge in [0.1, 0.15) is 5.82 Å². The molecule has 1 unspecified atom stereocenters. The molecule has 2 heterocycles. The molecule has 134 valence electrons. The number of hydrogen-bond donors (Lipinski definition) is 1. The molecule has 2 fully saturated rings. The van der Waals surface area contributed by atoms with E-state index in [4.69, 9.17) is 4.74 Å². The van der Waals surface area contributed by atoms with Crippen molar-refractivity contribution in [1.82, 2.24) is 15.3 Å². The van der Waals surface area contributed by atoms with Crippen LogP contribution in [0.25, 0.3) is 0 Å². The lowest BCUT2D eigenvalue weighted by molar-refractivity contribution is 0.000544. The molecule has 1 aromatic carbocycles. The van der Waals surface area contributed by atoms with E-state index < -0.39 is 0 Å². The maximum atomic E-state index is 12.9. The van der Waals surface area contributed by atoms with Crippen molar-refractivity contribution in [2.75, 3.05) is 13.2 Å². The Kier molecular flexibility index (Phi) is 3.78. The third-order valence-corrected chi connectivity index (χ3v) is 6.16. The van der Waals surface area contributed by atoms with Gasteiger partial charge in [0.2, 0.25) is 0 Å². The van der Waals surface area contributed by atoms with Crippen molar-refractivity contribution >= 4 is 5.91 Å². The van der Waals surface area contributed by atoms with E-state index in [0.717, 1.165) is 51.1 Å². The molecule has 1 saturated carbocycles. The average molecular weight is 349 g/mol. The van der Waals surface area contributed by atoms with Crippen LogP contribution in [-0.4, -0.2) is 29.1 Å². The fourth-order valence-corrected chi connectivity index (χ4v) is 4.48. The van der Waals surface area contributed by atoms with Crippen LogP contribution < -0.4 is 5.32 Å². The van der Waals surface area contributed by atoms with Gasteiger partial charge in [0.25, 0.3) is 5.91 Å². The molecule has 0 bridgehead atoms. The van der Waals surface area contributed by atoms with Crippen molar-refractivity contribution in [3.63, 3.8) is 0 Å². The molecule has 3 aliphatic rings. The summed E-state index contributed by atoms with van der Waals surface area (Å²) in [5.74, 6) is 1.29. The van der Waals surface area contributed by atoms with Gasteiger partial charge in [-0.05, 0) is 43.2 Å². The first-order chi connectivity index (χ1) is 12.8. The first-order valence-corrected chi connectivity index (χ1v) is 9.54. The van der Waals surface area contributed by atoms with E-state index in [2.05, 4.69) is 39.6 Å². The number of carbonyl (C=O) groups is 1. The lowest BCUT2D eigenvalue weighted by atomic mass is 9.74. The van der Waals surface area contributed by atoms with Gasteiger partial charge < -0.3 is 10.1 Å². The summed E-state index contributed by atoms with van der Waals surface area (Å²) >= 11 is 0. The Labute approximate surface area is 153 Å². The number of ether oxygens (including phenoxy) is 1. The molecule has 1 aromatic heterocycles. The molecule has 1 amide bonds. The van der Waals surface area contributed by atoms with Crippen LogP contribution in [0.3, 0.4) is 0 Å². The minimum Gasteiger partial charge on any atom is -0.381 e. The molecule has 0 radical (unpaired) electrons. The summed E-state index contributed by atoms with van der Waals surface area (Å²) in [4.78, 5) is 21.7. The molecule has 2 aromatic rings. The van der Waals surface area contributed by atoms with Crippen molar-refractivity contribution < 1.29 is 9.53 Å². The molecule has 5 nitrogen and oxygen atoms in total. The predicted octanol–water partition coefficient (Wildman–Crippen LogP) is 3.18. The SMILES string of the molecule is O=C(NC1c2ccccc2CC12CCOCC2)c1cnc(C2CC2)nc1. The van der Waals surface area contributed by atoms with E-state index in [0.29, 0.717) is 11.5 Å². The zero-order valence-electron chi connectivity index (χ0n) is 14.8. The van der Waals surface area contributed by atoms with Crippen molar-refractivity contribution in [3.05, 3.63) is 59.2 Å². The summed E-state index contributed by atoms with van der Waals surface area (Å²) in [5.41, 5.74) is 3.20. The van der Waals surface area contributed by atoms with Gasteiger partial charge in [-0.2, -0.15) is 0 Å². The van der Waals surface area contributed by atoms with Gasteiger partial charge in [-0.15, -0.1) is 0 Å². The lowest BCUT2D eigenvalue weighted by Gasteiger charge is -2.39. The molecular formula is C21H23N3O2. The molecule has 5 heteroatoms. The lowest BCUT2D eigenvalue weighted by Crippen LogP contribution is -2.42. The first kappa shape index (κ1) is 15.9. The van der Waals surface area contributed by atoms with Crippen LogP contribution in [0.4, 0.5) is 0 Å². The number of rotatable bonds is 3. The Bertz CT molecular complexity index is 823. The van der Waals surface area contributed by atoms with Crippen molar-refractivity contribution in [2.45, 2.75) is 44.1 Å². The number of nitrogens with zero attached hydrogens (tertiary/aromatic N) is 2. The highest BCUT2D eigenvalue weighted by Gasteiger charge is 2.47. The van der Waals surface area contributed by atoms with Crippen molar-refractivity contribution in [1.29, 1.82) is 0 Å². The van der Waals surface area contributed by atoms with E-state index in [-0.39, 0.29) is 17.4 Å². The smallest absolute Gasteiger partial charge is 0.254 e. The van der Waals surface area contributed by atoms with E-state index in [1.54, 1.807) is 12.4 Å². The zero-order chi connectivity index (χ0) is 17.6. The van der Waals surface area contributed by atoms with Crippen LogP contribution in [0.1, 0.15) is 65.0 Å². The molecule has 1 N–H and O–H groups in total. The largest absolute Gasteiger partial charge is 0.381 e. The van der Waals surface area contributed by atoms with Gasteiger partial charge in [-0.25, -0.2) is 9.97 Å². The summed E-state index contributed by atoms with van der Waals surface area (Å²) in [6, 6.07) is 8.51. The quantitative estimate of drug-likeness (QED) is 0.924. The fourth-order valence-electron chi connectivity index (χ4n) is 4.48. The van der Waals surface area contributed by atoms with Gasteiger partial charge in [-0.3, -0.25) is 4.79 Å². The second-order valence-electron chi connectivity index (χ2n) is 7.86. The van der Waals surface area contributed by atoms with E-state index in [9.17, 15) is 4.79 Å². The Morgan fingerprint density at radius 1 is 1.12 bits per heavy atom. The standard InChI is InChI=1S/C21H23N3O2/c25-20(16-12-22-19(23-13-16)14-5-6-14)24-18-17-4-2-1-3-15(17)11-21(18)7-9-26-10-8-21/h1-4,12-14,18H,5-11H2,(H,24,25). The predicted molar refractivity (Wildman–Crippen MR) is 96.8 cm³/mol. The van der Waals surface area contributed by atoms with Crippen molar-refractivity contribution in [2.24, 2.45) is 5.41 Å². The number of nitrogens with one attached hydrogen (secondary N) is 1. The topological polar surface area (TPSA) is 64.1 Å². The number of carbonyl (C=O) groups excluding carboxylic acids is 1. The minimum atomic E-state index is -0.0834. The summed E-state index contributed by atoms with van der Waals surface area (Å²) in [7, 11) is 0. The first-order valence-electron chi connectivity index (χ1n) is 9.54. The highest BCUT2D eigenvalue weighted by atomic mass is 16.5. The highest BCUT2D eigenvalue weighted by molar-refractivity contribution is 5.94. The molecule has 26 heavy (non-hydrogen) atoms. The van der Waals surface area contributed by atoms with Gasteiger partial charge in [0, 0.05) is 36.9 Å². The number of fused-ring (bicyclic) bond motifs is 1. The minimum absolute atomic E-state index is 0.0261. The van der Waals surface area contributed by atoms with E-state index in [1.165, 1.54) is 11.1 Å². The molecule has 1 saturated heterocycles. The van der Waals surface area contributed by atoms with Gasteiger partial charge in [0.05, 0.1) is 11.6 Å². The maximum absolute atomic E-state index is 12.9. The van der Waals surface area contributed by atoms with Crippen LogP contribution >= 0.6 is 0 Å². The maximum Gasteiger partial charge on any atom is 0.254 e. The Hall–Kier alpha value is -2.27. The third kappa shape index (κ3) is 2.71. The molecule has 1 atom stereocenters. The number of hydrogen-bond acceptors (Lipinski definition) is 4. The molecule has 5 rings (SSSR count). The van der Waals surface area contributed by atoms with Crippen LogP contribution in [-0.2, 0) is 11.2 Å². The number of amides is 1. The van der Waals surface area contributed by atoms with Crippen LogP contribution in [0, 0.1) is 5.41 Å². The molecular weight excluding hydrogens is 326 g/mol. The summed E-state index contributed by atoms with van der Waals surface area (Å²) < 4.78 is 5.60. The van der Waals surface area contributed by atoms with Crippen LogP contribution in [0.5, 0.6) is 0 Å². The van der Waals surface area contributed by atoms with Gasteiger partial charge in [-0.1, -0.05) is 24.3 Å². The normalized spacial score (nSPS) is 23.6. The van der Waals surface area contributed by atoms with Gasteiger partial charge >= 0.3 is 0 Å².